The van der Waals surface area contributed by atoms with Gasteiger partial charge < -0.3 is 11.5 Å². The zero-order chi connectivity index (χ0) is 16.6. The molecule has 0 aliphatic carbocycles. The molecule has 4 N–H and O–H groups in total. The third-order valence-electron chi connectivity index (χ3n) is 3.54. The third kappa shape index (κ3) is 3.10. The van der Waals surface area contributed by atoms with Crippen molar-refractivity contribution in [3.8, 4) is 11.1 Å². The van der Waals surface area contributed by atoms with Gasteiger partial charge in [0.2, 0.25) is 0 Å². The summed E-state index contributed by atoms with van der Waals surface area (Å²) in [6.45, 7) is 4.16. The molecule has 2 aromatic carbocycles. The van der Waals surface area contributed by atoms with Crippen LogP contribution in [0.25, 0.3) is 21.2 Å². The Bertz CT molecular complexity index is 916. The normalized spacial score (nSPS) is 10.7. The van der Waals surface area contributed by atoms with Crippen LogP contribution in [0.3, 0.4) is 0 Å². The van der Waals surface area contributed by atoms with Crippen LogP contribution in [-0.2, 0) is 0 Å². The van der Waals surface area contributed by atoms with Gasteiger partial charge in [0, 0.05) is 10.1 Å². The molecule has 1 amide bonds. The van der Waals surface area contributed by atoms with Crippen LogP contribution in [0.15, 0.2) is 47.5 Å². The van der Waals surface area contributed by atoms with Crippen molar-refractivity contribution in [1.29, 1.82) is 0 Å². The van der Waals surface area contributed by atoms with Gasteiger partial charge >= 0.3 is 0 Å². The van der Waals surface area contributed by atoms with E-state index in [2.05, 4.69) is 43.1 Å². The topological polar surface area (TPSA) is 81.5 Å². The van der Waals surface area contributed by atoms with Crippen molar-refractivity contribution in [3.63, 3.8) is 0 Å². The molecule has 0 unspecified atom stereocenters. The Kier molecular flexibility index (Phi) is 3.88. The molecule has 1 heterocycles. The van der Waals surface area contributed by atoms with Gasteiger partial charge in [0.1, 0.15) is 0 Å². The molecule has 5 heteroatoms. The Morgan fingerprint density at radius 2 is 1.74 bits per heavy atom. The molecule has 116 valence electrons. The summed E-state index contributed by atoms with van der Waals surface area (Å²) >= 11 is 1.40. The van der Waals surface area contributed by atoms with Crippen LogP contribution in [0.5, 0.6) is 0 Å². The minimum absolute atomic E-state index is 0.220. The van der Waals surface area contributed by atoms with Crippen LogP contribution in [0.2, 0.25) is 0 Å². The number of nitrogens with zero attached hydrogens (tertiary/aromatic N) is 1. The van der Waals surface area contributed by atoms with E-state index >= 15 is 0 Å². The maximum atomic E-state index is 12.0. The molecule has 1 aromatic heterocycles. The summed E-state index contributed by atoms with van der Waals surface area (Å²) in [5, 5.41) is 1.04. The second kappa shape index (κ2) is 5.85. The van der Waals surface area contributed by atoms with Gasteiger partial charge in [-0.2, -0.15) is 4.99 Å². The van der Waals surface area contributed by atoms with Crippen LogP contribution in [-0.4, -0.2) is 11.9 Å². The van der Waals surface area contributed by atoms with Crippen LogP contribution >= 0.6 is 11.3 Å². The molecule has 3 aromatic rings. The van der Waals surface area contributed by atoms with Gasteiger partial charge in [0.05, 0.1) is 4.88 Å². The minimum atomic E-state index is -0.405. The predicted molar refractivity (Wildman–Crippen MR) is 96.9 cm³/mol. The maximum absolute atomic E-state index is 12.0. The number of amides is 1. The van der Waals surface area contributed by atoms with Crippen molar-refractivity contribution in [2.24, 2.45) is 16.5 Å². The highest BCUT2D eigenvalue weighted by Crippen LogP contribution is 2.35. The van der Waals surface area contributed by atoms with E-state index in [0.717, 1.165) is 21.2 Å². The molecule has 0 saturated heterocycles. The number of hydrogen-bond donors (Lipinski definition) is 2. The molecule has 0 saturated carbocycles. The van der Waals surface area contributed by atoms with E-state index in [1.807, 2.05) is 18.2 Å². The minimum Gasteiger partial charge on any atom is -0.370 e. The molecular formula is C18H17N3OS. The fraction of sp³-hybridized carbons (Fsp3) is 0.111. The van der Waals surface area contributed by atoms with E-state index in [4.69, 9.17) is 11.5 Å². The fourth-order valence-corrected chi connectivity index (χ4v) is 3.69. The number of fused-ring (bicyclic) bond motifs is 1. The van der Waals surface area contributed by atoms with Crippen LogP contribution < -0.4 is 11.5 Å². The molecule has 23 heavy (non-hydrogen) atoms. The number of nitrogens with two attached hydrogens (primary N) is 2. The number of hydrogen-bond acceptors (Lipinski definition) is 2. The fourth-order valence-electron chi connectivity index (χ4n) is 2.72. The second-order valence-corrected chi connectivity index (χ2v) is 6.63. The first-order valence-corrected chi connectivity index (χ1v) is 8.01. The smallest absolute Gasteiger partial charge is 0.290 e. The van der Waals surface area contributed by atoms with Gasteiger partial charge in [-0.3, -0.25) is 4.79 Å². The van der Waals surface area contributed by atoms with E-state index in [1.165, 1.54) is 22.5 Å². The Labute approximate surface area is 138 Å². The number of thiophene rings is 1. The Hall–Kier alpha value is -2.66. The number of guanidine groups is 1. The monoisotopic (exact) mass is 323 g/mol. The molecule has 0 radical (unpaired) electrons. The summed E-state index contributed by atoms with van der Waals surface area (Å²) in [6, 6.07) is 14.4. The molecule has 0 aliphatic heterocycles. The zero-order valence-electron chi connectivity index (χ0n) is 13.0. The van der Waals surface area contributed by atoms with E-state index in [0.29, 0.717) is 4.88 Å². The zero-order valence-corrected chi connectivity index (χ0v) is 13.8. The summed E-state index contributed by atoms with van der Waals surface area (Å²) in [5.41, 5.74) is 15.3. The molecule has 0 fully saturated rings. The summed E-state index contributed by atoms with van der Waals surface area (Å²) in [6.07, 6.45) is 0. The quantitative estimate of drug-likeness (QED) is 0.558. The van der Waals surface area contributed by atoms with Gasteiger partial charge in [-0.15, -0.1) is 11.3 Å². The molecule has 0 atom stereocenters. The first kappa shape index (κ1) is 15.2. The summed E-state index contributed by atoms with van der Waals surface area (Å²) < 4.78 is 1.04. The number of carbonyl (C=O) groups is 1. The van der Waals surface area contributed by atoms with E-state index < -0.39 is 5.91 Å². The van der Waals surface area contributed by atoms with E-state index in [-0.39, 0.29) is 5.96 Å². The Morgan fingerprint density at radius 1 is 1.04 bits per heavy atom. The van der Waals surface area contributed by atoms with Crippen molar-refractivity contribution in [2.75, 3.05) is 0 Å². The molecule has 4 nitrogen and oxygen atoms in total. The summed E-state index contributed by atoms with van der Waals surface area (Å²) in [4.78, 5) is 16.2. The summed E-state index contributed by atoms with van der Waals surface area (Å²) in [5.74, 6) is -0.625. The highest BCUT2D eigenvalue weighted by molar-refractivity contribution is 7.20. The predicted octanol–water partition coefficient (Wildman–Crippen LogP) is 3.60. The molecule has 0 spiro atoms. The summed E-state index contributed by atoms with van der Waals surface area (Å²) in [7, 11) is 0. The van der Waals surface area contributed by atoms with Crippen molar-refractivity contribution in [3.05, 3.63) is 58.5 Å². The second-order valence-electron chi connectivity index (χ2n) is 5.55. The van der Waals surface area contributed by atoms with Gasteiger partial charge in [0.15, 0.2) is 5.96 Å². The van der Waals surface area contributed by atoms with Crippen molar-refractivity contribution in [1.82, 2.24) is 0 Å². The molecular weight excluding hydrogens is 306 g/mol. The Morgan fingerprint density at radius 3 is 2.39 bits per heavy atom. The first-order valence-electron chi connectivity index (χ1n) is 7.19. The lowest BCUT2D eigenvalue weighted by molar-refractivity contribution is 0.101. The molecule has 3 rings (SSSR count). The average Bonchev–Trinajstić information content (AvgIpc) is 2.89. The SMILES string of the molecule is Cc1cc(C)cc(-c2cccc3sc(C(=O)N=C(N)N)cc23)c1. The van der Waals surface area contributed by atoms with Gasteiger partial charge in [-0.25, -0.2) is 0 Å². The van der Waals surface area contributed by atoms with Crippen LogP contribution in [0.1, 0.15) is 20.8 Å². The van der Waals surface area contributed by atoms with Crippen LogP contribution in [0, 0.1) is 13.8 Å². The third-order valence-corrected chi connectivity index (χ3v) is 4.62. The lowest BCUT2D eigenvalue weighted by Gasteiger charge is -2.06. The Balaban J connectivity index is 2.17. The maximum Gasteiger partial charge on any atom is 0.290 e. The lowest BCUT2D eigenvalue weighted by atomic mass is 9.98. The average molecular weight is 323 g/mol. The lowest BCUT2D eigenvalue weighted by Crippen LogP contribution is -2.24. The van der Waals surface area contributed by atoms with E-state index in [9.17, 15) is 4.79 Å². The number of benzene rings is 2. The number of carbonyl (C=O) groups excluding carboxylic acids is 1. The standard InChI is InChI=1S/C18H17N3OS/c1-10-6-11(2)8-12(7-10)13-4-3-5-15-14(13)9-16(23-15)17(22)21-18(19)20/h3-9H,1-2H3,(H4,19,20,21,22). The number of rotatable bonds is 2. The molecule has 0 aliphatic rings. The largest absolute Gasteiger partial charge is 0.370 e. The highest BCUT2D eigenvalue weighted by Gasteiger charge is 2.13. The number of aliphatic imine (C=N–C) groups is 1. The van der Waals surface area contributed by atoms with Gasteiger partial charge in [0.25, 0.3) is 5.91 Å². The van der Waals surface area contributed by atoms with Crippen molar-refractivity contribution >= 4 is 33.3 Å². The van der Waals surface area contributed by atoms with Crippen molar-refractivity contribution < 1.29 is 4.79 Å². The van der Waals surface area contributed by atoms with Gasteiger partial charge in [-0.1, -0.05) is 41.5 Å². The van der Waals surface area contributed by atoms with Gasteiger partial charge in [-0.05, 0) is 37.1 Å². The number of aryl methyl sites for hydroxylation is 2. The van der Waals surface area contributed by atoms with Crippen LogP contribution in [0.4, 0.5) is 0 Å². The van der Waals surface area contributed by atoms with Crippen molar-refractivity contribution in [2.45, 2.75) is 13.8 Å². The molecule has 0 bridgehead atoms. The highest BCUT2D eigenvalue weighted by atomic mass is 32.1. The van der Waals surface area contributed by atoms with E-state index in [1.54, 1.807) is 0 Å². The first-order chi connectivity index (χ1) is 10.9.